The molecule has 0 heterocycles. The second kappa shape index (κ2) is 10.3. The van der Waals surface area contributed by atoms with Gasteiger partial charge in [0.2, 0.25) is 0 Å². The van der Waals surface area contributed by atoms with Crippen molar-refractivity contribution in [3.05, 3.63) is 58.7 Å². The fourth-order valence-corrected chi connectivity index (χ4v) is 3.14. The zero-order valence-electron chi connectivity index (χ0n) is 17.1. The summed E-state index contributed by atoms with van der Waals surface area (Å²) in [6.45, 7) is 12.3. The minimum Gasteiger partial charge on any atom is -0.457 e. The molecule has 0 aromatic heterocycles. The Morgan fingerprint density at radius 1 is 1.27 bits per heavy atom. The maximum absolute atomic E-state index is 11.6. The number of hydrogen-bond acceptors (Lipinski definition) is 3. The summed E-state index contributed by atoms with van der Waals surface area (Å²) in [6, 6.07) is 0. The van der Waals surface area contributed by atoms with Gasteiger partial charge in [-0.15, -0.1) is 0 Å². The number of aliphatic hydroxyl groups excluding tert-OH is 1. The first-order valence-electron chi connectivity index (χ1n) is 9.38. The van der Waals surface area contributed by atoms with Gasteiger partial charge < -0.3 is 9.84 Å². The van der Waals surface area contributed by atoms with Crippen LogP contribution >= 0.6 is 0 Å². The molecule has 1 N–H and O–H groups in total. The number of aliphatic hydroxyl groups is 1. The molecular formula is C23H34O3. The van der Waals surface area contributed by atoms with Crippen molar-refractivity contribution in [3.8, 4) is 0 Å². The molecule has 0 spiro atoms. The Labute approximate surface area is 158 Å². The van der Waals surface area contributed by atoms with Gasteiger partial charge in [-0.1, -0.05) is 55.4 Å². The molecule has 26 heavy (non-hydrogen) atoms. The SMILES string of the molecule is CC1=C(/C=C/C(C)=C/C=C/C(C)=C/C(=O)OC(C)CO)C(C)(C)CCC1. The van der Waals surface area contributed by atoms with Crippen molar-refractivity contribution in [1.29, 1.82) is 0 Å². The van der Waals surface area contributed by atoms with E-state index in [9.17, 15) is 4.79 Å². The number of carbonyl (C=O) groups is 1. The summed E-state index contributed by atoms with van der Waals surface area (Å²) in [5.74, 6) is -0.434. The maximum atomic E-state index is 11.6. The van der Waals surface area contributed by atoms with Gasteiger partial charge in [-0.25, -0.2) is 4.79 Å². The molecule has 1 atom stereocenters. The van der Waals surface area contributed by atoms with Gasteiger partial charge >= 0.3 is 5.97 Å². The topological polar surface area (TPSA) is 46.5 Å². The number of rotatable bonds is 7. The Morgan fingerprint density at radius 2 is 1.96 bits per heavy atom. The van der Waals surface area contributed by atoms with Crippen LogP contribution in [-0.2, 0) is 9.53 Å². The second-order valence-electron chi connectivity index (χ2n) is 7.85. The van der Waals surface area contributed by atoms with Crippen LogP contribution in [0.1, 0.15) is 60.8 Å². The number of allylic oxidation sites excluding steroid dienone is 9. The van der Waals surface area contributed by atoms with Crippen molar-refractivity contribution >= 4 is 5.97 Å². The molecule has 3 nitrogen and oxygen atoms in total. The number of carbonyl (C=O) groups excluding carboxylic acids is 1. The van der Waals surface area contributed by atoms with Crippen molar-refractivity contribution < 1.29 is 14.6 Å². The quantitative estimate of drug-likeness (QED) is 0.374. The van der Waals surface area contributed by atoms with E-state index in [1.54, 1.807) is 6.92 Å². The average Bonchev–Trinajstić information content (AvgIpc) is 2.53. The summed E-state index contributed by atoms with van der Waals surface area (Å²) in [7, 11) is 0. The maximum Gasteiger partial charge on any atom is 0.331 e. The van der Waals surface area contributed by atoms with Gasteiger partial charge in [-0.2, -0.15) is 0 Å². The molecular weight excluding hydrogens is 324 g/mol. The number of ether oxygens (including phenoxy) is 1. The lowest BCUT2D eigenvalue weighted by molar-refractivity contribution is -0.143. The van der Waals surface area contributed by atoms with Crippen molar-refractivity contribution in [1.82, 2.24) is 0 Å². The first-order valence-corrected chi connectivity index (χ1v) is 9.38. The van der Waals surface area contributed by atoms with E-state index in [1.165, 1.54) is 36.5 Å². The van der Waals surface area contributed by atoms with Gasteiger partial charge in [0.25, 0.3) is 0 Å². The molecule has 0 aromatic carbocycles. The van der Waals surface area contributed by atoms with Crippen molar-refractivity contribution in [3.63, 3.8) is 0 Å². The van der Waals surface area contributed by atoms with Gasteiger partial charge in [0.05, 0.1) is 6.61 Å². The van der Waals surface area contributed by atoms with E-state index in [1.807, 2.05) is 25.2 Å². The number of esters is 1. The summed E-state index contributed by atoms with van der Waals surface area (Å²) in [5.41, 5.74) is 5.17. The fourth-order valence-electron chi connectivity index (χ4n) is 3.14. The molecule has 0 bridgehead atoms. The minimum atomic E-state index is -0.482. The van der Waals surface area contributed by atoms with E-state index < -0.39 is 12.1 Å². The van der Waals surface area contributed by atoms with E-state index in [0.29, 0.717) is 0 Å². The van der Waals surface area contributed by atoms with Gasteiger partial charge in [0.1, 0.15) is 6.10 Å². The third kappa shape index (κ3) is 7.57. The lowest BCUT2D eigenvalue weighted by Gasteiger charge is -2.32. The standard InChI is InChI=1S/C23H34O3/c1-17(12-13-21-19(3)11-8-14-23(21,5)6)9-7-10-18(2)15-22(25)26-20(4)16-24/h7,9-10,12-13,15,20,24H,8,11,14,16H2,1-6H3/b10-7+,13-12+,17-9+,18-15+. The molecule has 0 aromatic rings. The Morgan fingerprint density at radius 3 is 2.58 bits per heavy atom. The second-order valence-corrected chi connectivity index (χ2v) is 7.85. The predicted molar refractivity (Wildman–Crippen MR) is 109 cm³/mol. The van der Waals surface area contributed by atoms with Crippen LogP contribution in [0, 0.1) is 5.41 Å². The molecule has 0 radical (unpaired) electrons. The normalized spacial score (nSPS) is 20.1. The van der Waals surface area contributed by atoms with Crippen LogP contribution in [0.25, 0.3) is 0 Å². The summed E-state index contributed by atoms with van der Waals surface area (Å²) in [6.07, 6.45) is 14.9. The molecule has 144 valence electrons. The molecule has 1 unspecified atom stereocenters. The molecule has 0 aliphatic heterocycles. The summed E-state index contributed by atoms with van der Waals surface area (Å²) in [5, 5.41) is 8.88. The van der Waals surface area contributed by atoms with Crippen LogP contribution in [0.3, 0.4) is 0 Å². The van der Waals surface area contributed by atoms with Crippen molar-refractivity contribution in [2.24, 2.45) is 5.41 Å². The van der Waals surface area contributed by atoms with E-state index >= 15 is 0 Å². The van der Waals surface area contributed by atoms with Crippen LogP contribution < -0.4 is 0 Å². The van der Waals surface area contributed by atoms with Crippen LogP contribution in [0.4, 0.5) is 0 Å². The summed E-state index contributed by atoms with van der Waals surface area (Å²) in [4.78, 5) is 11.6. The molecule has 1 rings (SSSR count). The Bertz CT molecular complexity index is 642. The zero-order valence-corrected chi connectivity index (χ0v) is 17.1. The largest absolute Gasteiger partial charge is 0.457 e. The zero-order chi connectivity index (χ0) is 19.7. The van der Waals surface area contributed by atoms with Gasteiger partial charge in [0, 0.05) is 6.08 Å². The van der Waals surface area contributed by atoms with Crippen LogP contribution in [0.2, 0.25) is 0 Å². The smallest absolute Gasteiger partial charge is 0.331 e. The Kier molecular flexibility index (Phi) is 8.80. The van der Waals surface area contributed by atoms with Crippen molar-refractivity contribution in [2.75, 3.05) is 6.61 Å². The highest BCUT2D eigenvalue weighted by molar-refractivity contribution is 5.83. The molecule has 1 aliphatic carbocycles. The monoisotopic (exact) mass is 358 g/mol. The highest BCUT2D eigenvalue weighted by Crippen LogP contribution is 2.40. The predicted octanol–water partition coefficient (Wildman–Crippen LogP) is 5.44. The Hall–Kier alpha value is -1.87. The van der Waals surface area contributed by atoms with E-state index in [-0.39, 0.29) is 12.0 Å². The molecule has 0 saturated heterocycles. The van der Waals surface area contributed by atoms with Crippen LogP contribution in [-0.4, -0.2) is 23.8 Å². The van der Waals surface area contributed by atoms with Crippen molar-refractivity contribution in [2.45, 2.75) is 66.9 Å². The molecule has 0 amide bonds. The third-order valence-corrected chi connectivity index (χ3v) is 4.69. The molecule has 1 aliphatic rings. The molecule has 3 heteroatoms. The molecule has 0 saturated carbocycles. The highest BCUT2D eigenvalue weighted by atomic mass is 16.5. The Balaban J connectivity index is 2.70. The van der Waals surface area contributed by atoms with E-state index in [2.05, 4.69) is 39.8 Å². The minimum absolute atomic E-state index is 0.171. The lowest BCUT2D eigenvalue weighted by Crippen LogP contribution is -2.19. The van der Waals surface area contributed by atoms with Gasteiger partial charge in [-0.05, 0) is 63.5 Å². The van der Waals surface area contributed by atoms with Crippen LogP contribution in [0.15, 0.2) is 58.7 Å². The third-order valence-electron chi connectivity index (χ3n) is 4.69. The molecule has 0 fully saturated rings. The average molecular weight is 359 g/mol. The van der Waals surface area contributed by atoms with Crippen LogP contribution in [0.5, 0.6) is 0 Å². The summed E-state index contributed by atoms with van der Waals surface area (Å²) < 4.78 is 5.00. The first-order chi connectivity index (χ1) is 12.2. The van der Waals surface area contributed by atoms with E-state index in [4.69, 9.17) is 9.84 Å². The lowest BCUT2D eigenvalue weighted by atomic mass is 9.72. The number of hydrogen-bond donors (Lipinski definition) is 1. The van der Waals surface area contributed by atoms with Gasteiger partial charge in [-0.3, -0.25) is 0 Å². The highest BCUT2D eigenvalue weighted by Gasteiger charge is 2.26. The summed E-state index contributed by atoms with van der Waals surface area (Å²) >= 11 is 0. The van der Waals surface area contributed by atoms with E-state index in [0.717, 1.165) is 11.1 Å². The van der Waals surface area contributed by atoms with Gasteiger partial charge in [0.15, 0.2) is 0 Å². The first kappa shape index (κ1) is 22.2. The fraction of sp³-hybridized carbons (Fsp3) is 0.522.